The van der Waals surface area contributed by atoms with Crippen molar-refractivity contribution in [2.24, 2.45) is 0 Å². The number of amides is 2. The van der Waals surface area contributed by atoms with Gasteiger partial charge >= 0.3 is 0 Å². The molecule has 2 aliphatic rings. The Balaban J connectivity index is 1.66. The summed E-state index contributed by atoms with van der Waals surface area (Å²) in [5.41, 5.74) is 6.12. The van der Waals surface area contributed by atoms with Gasteiger partial charge in [0.05, 0.1) is 5.70 Å². The van der Waals surface area contributed by atoms with E-state index in [1.165, 1.54) is 10.6 Å². The molecule has 1 aromatic rings. The molecule has 2 amide bonds. The van der Waals surface area contributed by atoms with E-state index < -0.39 is 0 Å². The van der Waals surface area contributed by atoms with Crippen molar-refractivity contribution >= 4 is 17.5 Å². The zero-order valence-electron chi connectivity index (χ0n) is 12.1. The zero-order valence-corrected chi connectivity index (χ0v) is 12.1. The fraction of sp³-hybridized carbons (Fsp3) is 0.375. The van der Waals surface area contributed by atoms with Crippen LogP contribution >= 0.6 is 0 Å². The van der Waals surface area contributed by atoms with E-state index in [4.69, 9.17) is 0 Å². The van der Waals surface area contributed by atoms with Gasteiger partial charge in [-0.3, -0.25) is 15.0 Å². The Morgan fingerprint density at radius 2 is 2.05 bits per heavy atom. The first-order valence-corrected chi connectivity index (χ1v) is 7.25. The van der Waals surface area contributed by atoms with Crippen LogP contribution in [0.2, 0.25) is 0 Å². The molecule has 5 heteroatoms. The molecule has 1 aliphatic carbocycles. The van der Waals surface area contributed by atoms with Crippen LogP contribution in [0.5, 0.6) is 0 Å². The lowest BCUT2D eigenvalue weighted by molar-refractivity contribution is -0.137. The molecular weight excluding hydrogens is 266 g/mol. The van der Waals surface area contributed by atoms with Crippen LogP contribution in [0.3, 0.4) is 0 Å². The van der Waals surface area contributed by atoms with Gasteiger partial charge in [0, 0.05) is 12.5 Å². The molecule has 0 saturated heterocycles. The minimum atomic E-state index is -0.108. The van der Waals surface area contributed by atoms with Gasteiger partial charge in [0.1, 0.15) is 6.54 Å². The predicted octanol–water partition coefficient (Wildman–Crippen LogP) is 1.35. The van der Waals surface area contributed by atoms with Gasteiger partial charge in [-0.2, -0.15) is 0 Å². The molecule has 3 rings (SSSR count). The molecule has 0 atom stereocenters. The fourth-order valence-electron chi connectivity index (χ4n) is 2.24. The summed E-state index contributed by atoms with van der Waals surface area (Å²) < 4.78 is 0. The van der Waals surface area contributed by atoms with Crippen molar-refractivity contribution in [2.75, 3.05) is 6.54 Å². The van der Waals surface area contributed by atoms with Crippen LogP contribution in [0.25, 0.3) is 5.70 Å². The van der Waals surface area contributed by atoms with Gasteiger partial charge in [0.25, 0.3) is 0 Å². The van der Waals surface area contributed by atoms with Crippen molar-refractivity contribution in [1.82, 2.24) is 15.8 Å². The lowest BCUT2D eigenvalue weighted by Crippen LogP contribution is -2.49. The van der Waals surface area contributed by atoms with Crippen LogP contribution in [0.1, 0.15) is 30.4 Å². The van der Waals surface area contributed by atoms with E-state index in [2.05, 4.69) is 10.7 Å². The maximum atomic E-state index is 11.9. The van der Waals surface area contributed by atoms with E-state index in [0.717, 1.165) is 24.1 Å². The van der Waals surface area contributed by atoms with E-state index in [0.29, 0.717) is 12.5 Å². The highest BCUT2D eigenvalue weighted by atomic mass is 16.2. The van der Waals surface area contributed by atoms with Crippen LogP contribution < -0.4 is 10.7 Å². The number of hydrazine groups is 1. The molecular formula is C16H19N3O2. The Kier molecular flexibility index (Phi) is 3.64. The van der Waals surface area contributed by atoms with Crippen LogP contribution in [0.15, 0.2) is 30.3 Å². The third-order valence-electron chi connectivity index (χ3n) is 3.64. The molecule has 0 radical (unpaired) electrons. The Hall–Kier alpha value is -2.30. The van der Waals surface area contributed by atoms with Crippen LogP contribution in [0, 0.1) is 6.92 Å². The second kappa shape index (κ2) is 5.60. The maximum absolute atomic E-state index is 11.9. The highest BCUT2D eigenvalue weighted by Crippen LogP contribution is 2.19. The van der Waals surface area contributed by atoms with Gasteiger partial charge in [-0.25, -0.2) is 5.01 Å². The monoisotopic (exact) mass is 285 g/mol. The normalized spacial score (nSPS) is 18.0. The first-order valence-electron chi connectivity index (χ1n) is 7.25. The third kappa shape index (κ3) is 3.42. The smallest absolute Gasteiger partial charge is 0.245 e. The molecule has 1 saturated carbocycles. The summed E-state index contributed by atoms with van der Waals surface area (Å²) in [5.74, 6) is -0.194. The van der Waals surface area contributed by atoms with Crippen LogP contribution in [-0.4, -0.2) is 29.4 Å². The topological polar surface area (TPSA) is 61.4 Å². The molecule has 1 aromatic carbocycles. The molecule has 1 fully saturated rings. The van der Waals surface area contributed by atoms with Crippen molar-refractivity contribution in [3.05, 3.63) is 41.5 Å². The lowest BCUT2D eigenvalue weighted by Gasteiger charge is -2.28. The van der Waals surface area contributed by atoms with Crippen molar-refractivity contribution in [2.45, 2.75) is 32.2 Å². The Labute approximate surface area is 124 Å². The average molecular weight is 285 g/mol. The molecule has 5 nitrogen and oxygen atoms in total. The highest BCUT2D eigenvalue weighted by molar-refractivity contribution is 5.88. The van der Waals surface area contributed by atoms with Crippen molar-refractivity contribution < 1.29 is 9.59 Å². The lowest BCUT2D eigenvalue weighted by atomic mass is 10.1. The minimum absolute atomic E-state index is 0.0541. The Morgan fingerprint density at radius 3 is 2.71 bits per heavy atom. The maximum Gasteiger partial charge on any atom is 0.245 e. The summed E-state index contributed by atoms with van der Waals surface area (Å²) in [4.78, 5) is 23.7. The van der Waals surface area contributed by atoms with Gasteiger partial charge < -0.3 is 5.32 Å². The number of aryl methyl sites for hydroxylation is 1. The number of nitrogens with one attached hydrogen (secondary N) is 2. The summed E-state index contributed by atoms with van der Waals surface area (Å²) in [6, 6.07) is 8.37. The number of nitrogens with zero attached hydrogens (tertiary/aromatic N) is 1. The second-order valence-corrected chi connectivity index (χ2v) is 5.62. The van der Waals surface area contributed by atoms with E-state index in [1.54, 1.807) is 0 Å². The minimum Gasteiger partial charge on any atom is -0.352 e. The summed E-state index contributed by atoms with van der Waals surface area (Å²) in [6.07, 6.45) is 4.26. The Bertz CT molecular complexity index is 588. The van der Waals surface area contributed by atoms with E-state index in [-0.39, 0.29) is 18.4 Å². The molecule has 0 spiro atoms. The van der Waals surface area contributed by atoms with Gasteiger partial charge in [0.15, 0.2) is 0 Å². The second-order valence-electron chi connectivity index (χ2n) is 5.62. The number of carbonyl (C=O) groups is 2. The number of hydrogen-bond donors (Lipinski definition) is 2. The molecule has 21 heavy (non-hydrogen) atoms. The van der Waals surface area contributed by atoms with E-state index in [9.17, 15) is 9.59 Å². The first kappa shape index (κ1) is 13.7. The number of hydrogen-bond acceptors (Lipinski definition) is 3. The molecule has 2 N–H and O–H groups in total. The zero-order chi connectivity index (χ0) is 14.8. The van der Waals surface area contributed by atoms with E-state index in [1.807, 2.05) is 37.3 Å². The van der Waals surface area contributed by atoms with Crippen molar-refractivity contribution in [3.63, 3.8) is 0 Å². The molecule has 1 heterocycles. The third-order valence-corrected chi connectivity index (χ3v) is 3.64. The van der Waals surface area contributed by atoms with Gasteiger partial charge in [-0.1, -0.05) is 29.8 Å². The van der Waals surface area contributed by atoms with Crippen molar-refractivity contribution in [1.29, 1.82) is 0 Å². The first-order chi connectivity index (χ1) is 10.1. The fourth-order valence-corrected chi connectivity index (χ4v) is 2.24. The Morgan fingerprint density at radius 1 is 1.33 bits per heavy atom. The van der Waals surface area contributed by atoms with Crippen LogP contribution in [0.4, 0.5) is 0 Å². The molecule has 1 aliphatic heterocycles. The summed E-state index contributed by atoms with van der Waals surface area (Å²) >= 11 is 0. The van der Waals surface area contributed by atoms with Gasteiger partial charge in [0.2, 0.25) is 11.8 Å². The van der Waals surface area contributed by atoms with Gasteiger partial charge in [-0.05, 0) is 31.4 Å². The standard InChI is InChI=1S/C16H19N3O2/c1-11-2-4-12(5-3-11)14-8-9-16(21)19(18-14)10-15(20)17-13-6-7-13/h2-5,8,13,18H,6-7,9-10H2,1H3,(H,17,20). The molecule has 110 valence electrons. The van der Waals surface area contributed by atoms with Crippen LogP contribution in [-0.2, 0) is 9.59 Å². The number of benzene rings is 1. The number of carbonyl (C=O) groups excluding carboxylic acids is 2. The summed E-state index contributed by atoms with van der Waals surface area (Å²) in [6.45, 7) is 2.09. The summed E-state index contributed by atoms with van der Waals surface area (Å²) in [5, 5.41) is 4.29. The van der Waals surface area contributed by atoms with E-state index >= 15 is 0 Å². The summed E-state index contributed by atoms with van der Waals surface area (Å²) in [7, 11) is 0. The molecule has 0 bridgehead atoms. The number of rotatable bonds is 4. The van der Waals surface area contributed by atoms with Gasteiger partial charge in [-0.15, -0.1) is 0 Å². The molecule has 0 aromatic heterocycles. The van der Waals surface area contributed by atoms with Crippen molar-refractivity contribution in [3.8, 4) is 0 Å². The average Bonchev–Trinajstić information content (AvgIpc) is 3.26. The predicted molar refractivity (Wildman–Crippen MR) is 79.8 cm³/mol. The molecule has 0 unspecified atom stereocenters. The largest absolute Gasteiger partial charge is 0.352 e. The highest BCUT2D eigenvalue weighted by Gasteiger charge is 2.26. The quantitative estimate of drug-likeness (QED) is 0.878. The SMILES string of the molecule is Cc1ccc(C2=CCC(=O)N(CC(=O)NC3CC3)N2)cc1.